The molecule has 2 aromatic carbocycles. The number of carbonyl (C=O) groups excluding carboxylic acids is 1. The van der Waals surface area contributed by atoms with Gasteiger partial charge in [-0.25, -0.2) is 17.5 Å². The highest BCUT2D eigenvalue weighted by Crippen LogP contribution is 2.13. The number of halogens is 2. The first kappa shape index (κ1) is 23.0. The van der Waals surface area contributed by atoms with Crippen LogP contribution in [-0.2, 0) is 27.9 Å². The van der Waals surface area contributed by atoms with E-state index in [-0.39, 0.29) is 48.8 Å². The van der Waals surface area contributed by atoms with Crippen LogP contribution in [0, 0.1) is 5.82 Å². The maximum atomic E-state index is 13.2. The molecule has 0 aromatic heterocycles. The lowest BCUT2D eigenvalue weighted by atomic mass is 10.2. The minimum atomic E-state index is -3.76. The molecule has 6 nitrogen and oxygen atoms in total. The minimum absolute atomic E-state index is 0. The van der Waals surface area contributed by atoms with Crippen molar-refractivity contribution < 1.29 is 17.6 Å². The van der Waals surface area contributed by atoms with E-state index in [0.717, 1.165) is 0 Å². The molecule has 0 aliphatic carbocycles. The van der Waals surface area contributed by atoms with Crippen LogP contribution in [0.25, 0.3) is 0 Å². The van der Waals surface area contributed by atoms with Crippen molar-refractivity contribution in [1.82, 2.24) is 10.0 Å². The fraction of sp³-hybridized carbons (Fsp3) is 0.278. The molecule has 1 amide bonds. The maximum absolute atomic E-state index is 13.2. The highest BCUT2D eigenvalue weighted by molar-refractivity contribution is 7.89. The largest absolute Gasteiger partial charge is 0.352 e. The first-order valence-corrected chi connectivity index (χ1v) is 9.60. The minimum Gasteiger partial charge on any atom is -0.352 e. The van der Waals surface area contributed by atoms with E-state index in [1.807, 2.05) is 0 Å². The van der Waals surface area contributed by atoms with Gasteiger partial charge in [-0.2, -0.15) is 0 Å². The van der Waals surface area contributed by atoms with Crippen molar-refractivity contribution in [2.45, 2.75) is 37.4 Å². The highest BCUT2D eigenvalue weighted by Gasteiger charge is 2.14. The molecule has 1 unspecified atom stereocenters. The van der Waals surface area contributed by atoms with Crippen LogP contribution in [-0.4, -0.2) is 20.4 Å². The zero-order chi connectivity index (χ0) is 19.2. The number of nitrogens with two attached hydrogens (primary N) is 1. The second kappa shape index (κ2) is 10.4. The normalized spacial score (nSPS) is 12.1. The Morgan fingerprint density at radius 1 is 1.11 bits per heavy atom. The topological polar surface area (TPSA) is 101 Å². The Kier molecular flexibility index (Phi) is 8.84. The van der Waals surface area contributed by atoms with Crippen molar-refractivity contribution in [2.24, 2.45) is 5.73 Å². The average Bonchev–Trinajstić information content (AvgIpc) is 2.58. The summed E-state index contributed by atoms with van der Waals surface area (Å²) < 4.78 is 40.4. The molecule has 0 spiro atoms. The zero-order valence-electron chi connectivity index (χ0n) is 14.8. The van der Waals surface area contributed by atoms with Gasteiger partial charge >= 0.3 is 0 Å². The molecule has 0 saturated carbocycles. The summed E-state index contributed by atoms with van der Waals surface area (Å²) in [6.07, 6.45) is 0.202. The summed E-state index contributed by atoms with van der Waals surface area (Å²) in [5, 5.41) is 2.70. The first-order chi connectivity index (χ1) is 12.3. The van der Waals surface area contributed by atoms with Crippen LogP contribution >= 0.6 is 12.4 Å². The SMILES string of the molecule is CC(N)CC(=O)NCc1cccc(S(=O)(=O)NCc2cccc(F)c2)c1.Cl. The van der Waals surface area contributed by atoms with E-state index in [1.54, 1.807) is 25.1 Å². The van der Waals surface area contributed by atoms with Gasteiger partial charge in [0.25, 0.3) is 0 Å². The summed E-state index contributed by atoms with van der Waals surface area (Å²) in [7, 11) is -3.76. The molecule has 148 valence electrons. The van der Waals surface area contributed by atoms with Gasteiger partial charge in [0.05, 0.1) is 4.90 Å². The van der Waals surface area contributed by atoms with Gasteiger partial charge in [0, 0.05) is 25.6 Å². The Hall–Kier alpha value is -2.00. The summed E-state index contributed by atoms with van der Waals surface area (Å²) in [4.78, 5) is 11.7. The Morgan fingerprint density at radius 3 is 2.37 bits per heavy atom. The molecule has 4 N–H and O–H groups in total. The van der Waals surface area contributed by atoms with E-state index < -0.39 is 15.8 Å². The van der Waals surface area contributed by atoms with Gasteiger partial charge in [0.15, 0.2) is 0 Å². The van der Waals surface area contributed by atoms with Gasteiger partial charge in [-0.3, -0.25) is 4.79 Å². The Balaban J connectivity index is 0.00000364. The van der Waals surface area contributed by atoms with Crippen molar-refractivity contribution in [3.63, 3.8) is 0 Å². The Bertz CT molecular complexity index is 876. The van der Waals surface area contributed by atoms with Crippen molar-refractivity contribution >= 4 is 28.3 Å². The number of nitrogens with one attached hydrogen (secondary N) is 2. The molecule has 0 bridgehead atoms. The molecule has 27 heavy (non-hydrogen) atoms. The third-order valence-corrected chi connectivity index (χ3v) is 4.96. The zero-order valence-corrected chi connectivity index (χ0v) is 16.4. The van der Waals surface area contributed by atoms with Gasteiger partial charge < -0.3 is 11.1 Å². The van der Waals surface area contributed by atoms with Gasteiger partial charge in [-0.05, 0) is 42.3 Å². The van der Waals surface area contributed by atoms with Crippen LogP contribution in [0.15, 0.2) is 53.4 Å². The van der Waals surface area contributed by atoms with E-state index in [1.165, 1.54) is 30.3 Å². The van der Waals surface area contributed by atoms with E-state index in [9.17, 15) is 17.6 Å². The molecular weight excluding hydrogens is 393 g/mol. The summed E-state index contributed by atoms with van der Waals surface area (Å²) in [6.45, 7) is 1.92. The summed E-state index contributed by atoms with van der Waals surface area (Å²) in [6, 6.07) is 11.7. The molecular formula is C18H23ClFN3O3S. The van der Waals surface area contributed by atoms with E-state index in [2.05, 4.69) is 10.0 Å². The molecule has 0 fully saturated rings. The lowest BCUT2D eigenvalue weighted by molar-refractivity contribution is -0.121. The highest BCUT2D eigenvalue weighted by atomic mass is 35.5. The Morgan fingerprint density at radius 2 is 1.74 bits per heavy atom. The number of sulfonamides is 1. The quantitative estimate of drug-likeness (QED) is 0.614. The van der Waals surface area contributed by atoms with E-state index >= 15 is 0 Å². The number of hydrogen-bond acceptors (Lipinski definition) is 4. The summed E-state index contributed by atoms with van der Waals surface area (Å²) >= 11 is 0. The number of hydrogen-bond donors (Lipinski definition) is 3. The molecule has 2 rings (SSSR count). The van der Waals surface area contributed by atoms with Crippen LogP contribution in [0.5, 0.6) is 0 Å². The van der Waals surface area contributed by atoms with Crippen LogP contribution < -0.4 is 15.8 Å². The molecule has 1 atom stereocenters. The monoisotopic (exact) mass is 415 g/mol. The second-order valence-corrected chi connectivity index (χ2v) is 7.83. The maximum Gasteiger partial charge on any atom is 0.240 e. The van der Waals surface area contributed by atoms with Crippen molar-refractivity contribution in [3.05, 3.63) is 65.5 Å². The predicted octanol–water partition coefficient (Wildman–Crippen LogP) is 2.08. The van der Waals surface area contributed by atoms with Crippen LogP contribution in [0.1, 0.15) is 24.5 Å². The molecule has 0 radical (unpaired) electrons. The number of carbonyl (C=O) groups is 1. The van der Waals surface area contributed by atoms with Gasteiger partial charge in [-0.1, -0.05) is 24.3 Å². The molecule has 0 heterocycles. The van der Waals surface area contributed by atoms with Crippen molar-refractivity contribution in [2.75, 3.05) is 0 Å². The predicted molar refractivity (Wildman–Crippen MR) is 104 cm³/mol. The second-order valence-electron chi connectivity index (χ2n) is 6.06. The van der Waals surface area contributed by atoms with Crippen LogP contribution in [0.2, 0.25) is 0 Å². The third-order valence-electron chi connectivity index (χ3n) is 3.56. The van der Waals surface area contributed by atoms with Gasteiger partial charge in [0.1, 0.15) is 5.82 Å². The lowest BCUT2D eigenvalue weighted by Gasteiger charge is -2.10. The van der Waals surface area contributed by atoms with Gasteiger partial charge in [-0.15, -0.1) is 12.4 Å². The fourth-order valence-corrected chi connectivity index (χ4v) is 3.38. The number of benzene rings is 2. The van der Waals surface area contributed by atoms with Crippen LogP contribution in [0.3, 0.4) is 0 Å². The molecule has 9 heteroatoms. The summed E-state index contributed by atoms with van der Waals surface area (Å²) in [5.74, 6) is -0.622. The summed E-state index contributed by atoms with van der Waals surface area (Å²) in [5.41, 5.74) is 6.73. The lowest BCUT2D eigenvalue weighted by Crippen LogP contribution is -2.29. The van der Waals surface area contributed by atoms with Crippen LogP contribution in [0.4, 0.5) is 4.39 Å². The molecule has 0 saturated heterocycles. The van der Waals surface area contributed by atoms with Gasteiger partial charge in [0.2, 0.25) is 15.9 Å². The van der Waals surface area contributed by atoms with Crippen molar-refractivity contribution in [3.8, 4) is 0 Å². The fourth-order valence-electron chi connectivity index (χ4n) is 2.30. The van der Waals surface area contributed by atoms with E-state index in [0.29, 0.717) is 11.1 Å². The first-order valence-electron chi connectivity index (χ1n) is 8.11. The molecule has 2 aromatic rings. The molecule has 0 aliphatic heterocycles. The molecule has 0 aliphatic rings. The Labute approximate surface area is 164 Å². The average molecular weight is 416 g/mol. The van der Waals surface area contributed by atoms with E-state index in [4.69, 9.17) is 5.73 Å². The number of amides is 1. The smallest absolute Gasteiger partial charge is 0.240 e. The standard InChI is InChI=1S/C18H22FN3O3S.ClH/c1-13(20)8-18(23)21-11-15-5-3-7-17(10-15)26(24,25)22-12-14-4-2-6-16(19)9-14;/h2-7,9-10,13,22H,8,11-12,20H2,1H3,(H,21,23);1H. The third kappa shape index (κ3) is 7.64. The van der Waals surface area contributed by atoms with Crippen molar-refractivity contribution in [1.29, 1.82) is 0 Å². The number of rotatable bonds is 8.